The highest BCUT2D eigenvalue weighted by atomic mass is 16.5. The zero-order chi connectivity index (χ0) is 18.8. The van der Waals surface area contributed by atoms with Crippen LogP contribution in [0.3, 0.4) is 0 Å². The first-order valence-electron chi connectivity index (χ1n) is 9.21. The minimum atomic E-state index is -0.342. The van der Waals surface area contributed by atoms with Crippen LogP contribution in [0.1, 0.15) is 34.8 Å². The second-order valence-electron chi connectivity index (χ2n) is 6.91. The van der Waals surface area contributed by atoms with Gasteiger partial charge in [0.25, 0.3) is 0 Å². The van der Waals surface area contributed by atoms with Crippen LogP contribution >= 0.6 is 0 Å². The normalized spacial score (nSPS) is 12.4. The van der Waals surface area contributed by atoms with Crippen molar-refractivity contribution in [3.8, 4) is 16.9 Å². The molecule has 3 aromatic rings. The number of fused-ring (bicyclic) bond motifs is 3. The molecule has 1 aliphatic carbocycles. The lowest BCUT2D eigenvalue weighted by Gasteiger charge is -2.15. The molecular formula is C24H22O3. The Morgan fingerprint density at radius 3 is 2.19 bits per heavy atom. The van der Waals surface area contributed by atoms with E-state index in [1.165, 1.54) is 0 Å². The number of carbonyl (C=O) groups is 1. The molecule has 0 atom stereocenters. The molecule has 0 aliphatic heterocycles. The van der Waals surface area contributed by atoms with Crippen molar-refractivity contribution in [1.82, 2.24) is 0 Å². The Kier molecular flexibility index (Phi) is 4.68. The summed E-state index contributed by atoms with van der Waals surface area (Å²) < 4.78 is 11.6. The van der Waals surface area contributed by atoms with Crippen LogP contribution in [0.2, 0.25) is 0 Å². The molecule has 0 N–H and O–H groups in total. The Morgan fingerprint density at radius 1 is 0.889 bits per heavy atom. The number of hydrogen-bond acceptors (Lipinski definition) is 3. The van der Waals surface area contributed by atoms with Gasteiger partial charge in [-0.3, -0.25) is 4.79 Å². The molecule has 3 aromatic carbocycles. The van der Waals surface area contributed by atoms with Crippen LogP contribution in [-0.2, 0) is 9.53 Å². The molecule has 0 saturated carbocycles. The first-order valence-corrected chi connectivity index (χ1v) is 9.21. The number of aryl methyl sites for hydroxylation is 2. The molecule has 27 heavy (non-hydrogen) atoms. The van der Waals surface area contributed by atoms with Crippen LogP contribution < -0.4 is 4.74 Å². The summed E-state index contributed by atoms with van der Waals surface area (Å²) in [4.78, 5) is 12.5. The van der Waals surface area contributed by atoms with Crippen molar-refractivity contribution < 1.29 is 14.3 Å². The smallest absolute Gasteiger partial charge is 0.310 e. The van der Waals surface area contributed by atoms with Crippen LogP contribution in [-0.4, -0.2) is 12.6 Å². The van der Waals surface area contributed by atoms with Crippen LogP contribution in [0.25, 0.3) is 11.1 Å². The van der Waals surface area contributed by atoms with Gasteiger partial charge in [-0.1, -0.05) is 60.7 Å². The Morgan fingerprint density at radius 2 is 1.52 bits per heavy atom. The molecule has 3 heteroatoms. The molecule has 3 nitrogen and oxygen atoms in total. The maximum atomic E-state index is 12.5. The van der Waals surface area contributed by atoms with Crippen LogP contribution in [0, 0.1) is 13.8 Å². The zero-order valence-electron chi connectivity index (χ0n) is 15.6. The average Bonchev–Trinajstić information content (AvgIpc) is 2.99. The van der Waals surface area contributed by atoms with E-state index >= 15 is 0 Å². The maximum Gasteiger partial charge on any atom is 0.310 e. The third kappa shape index (κ3) is 3.45. The molecule has 0 bridgehead atoms. The monoisotopic (exact) mass is 358 g/mol. The van der Waals surface area contributed by atoms with Crippen molar-refractivity contribution in [2.75, 3.05) is 6.61 Å². The van der Waals surface area contributed by atoms with E-state index in [9.17, 15) is 4.79 Å². The predicted molar refractivity (Wildman–Crippen MR) is 106 cm³/mol. The van der Waals surface area contributed by atoms with Gasteiger partial charge in [-0.25, -0.2) is 0 Å². The lowest BCUT2D eigenvalue weighted by Crippen LogP contribution is -2.14. The van der Waals surface area contributed by atoms with Crippen molar-refractivity contribution in [1.29, 1.82) is 0 Å². The molecule has 0 radical (unpaired) electrons. The van der Waals surface area contributed by atoms with Crippen molar-refractivity contribution in [2.24, 2.45) is 0 Å². The van der Waals surface area contributed by atoms with E-state index in [0.717, 1.165) is 39.1 Å². The SMILES string of the molecule is Cc1ccc(C)c(OCCC(=O)OC2c3ccccc3-c3ccccc32)c1. The fourth-order valence-electron chi connectivity index (χ4n) is 3.53. The predicted octanol–water partition coefficient (Wildman–Crippen LogP) is 5.39. The minimum absolute atomic E-state index is 0.216. The third-order valence-corrected chi connectivity index (χ3v) is 4.93. The van der Waals surface area contributed by atoms with Crippen LogP contribution in [0.4, 0.5) is 0 Å². The molecule has 0 saturated heterocycles. The largest absolute Gasteiger partial charge is 0.493 e. The van der Waals surface area contributed by atoms with E-state index in [1.807, 2.05) is 68.4 Å². The highest BCUT2D eigenvalue weighted by Crippen LogP contribution is 2.45. The number of carbonyl (C=O) groups excluding carboxylic acids is 1. The van der Waals surface area contributed by atoms with Gasteiger partial charge in [-0.05, 0) is 42.2 Å². The standard InChI is InChI=1S/C24H22O3/c1-16-11-12-17(2)22(15-16)26-14-13-23(25)27-24-20-9-5-3-7-18(20)19-8-4-6-10-21(19)24/h3-12,15,24H,13-14H2,1-2H3. The third-order valence-electron chi connectivity index (χ3n) is 4.93. The summed E-state index contributed by atoms with van der Waals surface area (Å²) in [5, 5.41) is 0. The Labute approximate surface area is 159 Å². The van der Waals surface area contributed by atoms with Crippen molar-refractivity contribution in [3.05, 3.63) is 89.0 Å². The number of benzene rings is 3. The van der Waals surface area contributed by atoms with E-state index in [0.29, 0.717) is 6.61 Å². The molecule has 136 valence electrons. The summed E-state index contributed by atoms with van der Waals surface area (Å²) >= 11 is 0. The van der Waals surface area contributed by atoms with E-state index in [1.54, 1.807) is 0 Å². The lowest BCUT2D eigenvalue weighted by molar-refractivity contribution is -0.147. The fraction of sp³-hybridized carbons (Fsp3) is 0.208. The van der Waals surface area contributed by atoms with Gasteiger partial charge >= 0.3 is 5.97 Å². The first kappa shape index (κ1) is 17.3. The summed E-state index contributed by atoms with van der Waals surface area (Å²) in [7, 11) is 0. The Balaban J connectivity index is 1.43. The number of rotatable bonds is 5. The molecule has 0 heterocycles. The van der Waals surface area contributed by atoms with Gasteiger partial charge in [-0.2, -0.15) is 0 Å². The Hall–Kier alpha value is -3.07. The molecule has 0 amide bonds. The van der Waals surface area contributed by atoms with Gasteiger partial charge in [0.1, 0.15) is 5.75 Å². The molecule has 0 unspecified atom stereocenters. The molecule has 0 spiro atoms. The van der Waals surface area contributed by atoms with Gasteiger partial charge < -0.3 is 9.47 Å². The van der Waals surface area contributed by atoms with E-state index in [4.69, 9.17) is 9.47 Å². The van der Waals surface area contributed by atoms with Gasteiger partial charge in [-0.15, -0.1) is 0 Å². The molecule has 4 rings (SSSR count). The number of ether oxygens (including phenoxy) is 2. The van der Waals surface area contributed by atoms with Crippen molar-refractivity contribution in [3.63, 3.8) is 0 Å². The summed E-state index contributed by atoms with van der Waals surface area (Å²) in [5.41, 5.74) is 6.56. The quantitative estimate of drug-likeness (QED) is 0.574. The van der Waals surface area contributed by atoms with Gasteiger partial charge in [0.2, 0.25) is 0 Å². The fourth-order valence-corrected chi connectivity index (χ4v) is 3.53. The summed E-state index contributed by atoms with van der Waals surface area (Å²) in [5.74, 6) is 0.566. The number of hydrogen-bond donors (Lipinski definition) is 0. The average molecular weight is 358 g/mol. The molecule has 1 aliphatic rings. The van der Waals surface area contributed by atoms with Crippen LogP contribution in [0.5, 0.6) is 5.75 Å². The topological polar surface area (TPSA) is 35.5 Å². The minimum Gasteiger partial charge on any atom is -0.493 e. The second-order valence-corrected chi connectivity index (χ2v) is 6.91. The van der Waals surface area contributed by atoms with Gasteiger partial charge in [0, 0.05) is 11.1 Å². The van der Waals surface area contributed by atoms with E-state index < -0.39 is 0 Å². The second kappa shape index (κ2) is 7.28. The maximum absolute atomic E-state index is 12.5. The zero-order valence-corrected chi connectivity index (χ0v) is 15.6. The molecular weight excluding hydrogens is 336 g/mol. The van der Waals surface area contributed by atoms with Gasteiger partial charge in [0.15, 0.2) is 6.10 Å². The van der Waals surface area contributed by atoms with Crippen LogP contribution in [0.15, 0.2) is 66.7 Å². The van der Waals surface area contributed by atoms with E-state index in [2.05, 4.69) is 12.1 Å². The van der Waals surface area contributed by atoms with Crippen molar-refractivity contribution in [2.45, 2.75) is 26.4 Å². The highest BCUT2D eigenvalue weighted by Gasteiger charge is 2.30. The van der Waals surface area contributed by atoms with Crippen molar-refractivity contribution >= 4 is 5.97 Å². The number of esters is 1. The lowest BCUT2D eigenvalue weighted by atomic mass is 10.1. The Bertz CT molecular complexity index is 945. The molecule has 0 fully saturated rings. The molecule has 0 aromatic heterocycles. The summed E-state index contributed by atoms with van der Waals surface area (Å²) in [6, 6.07) is 22.3. The highest BCUT2D eigenvalue weighted by molar-refractivity contribution is 5.80. The summed E-state index contributed by atoms with van der Waals surface area (Å²) in [6.07, 6.45) is -0.126. The van der Waals surface area contributed by atoms with Gasteiger partial charge in [0.05, 0.1) is 13.0 Å². The van der Waals surface area contributed by atoms with E-state index in [-0.39, 0.29) is 18.5 Å². The first-order chi connectivity index (χ1) is 13.1. The summed E-state index contributed by atoms with van der Waals surface area (Å²) in [6.45, 7) is 4.33.